The topological polar surface area (TPSA) is 84.1 Å². The molecule has 0 aromatic carbocycles. The molecule has 0 aliphatic rings. The molecule has 0 saturated carbocycles. The summed E-state index contributed by atoms with van der Waals surface area (Å²) in [6.07, 6.45) is 3.87. The Balaban J connectivity index is 2.22. The van der Waals surface area contributed by atoms with Crippen molar-refractivity contribution in [2.75, 3.05) is 13.7 Å². The third-order valence-electron chi connectivity index (χ3n) is 1.57. The molecule has 1 aromatic rings. The van der Waals surface area contributed by atoms with Gasteiger partial charge in [0.2, 0.25) is 0 Å². The lowest BCUT2D eigenvalue weighted by molar-refractivity contribution is -0.152. The van der Waals surface area contributed by atoms with Crippen LogP contribution in [0.3, 0.4) is 0 Å². The lowest BCUT2D eigenvalue weighted by Gasteiger charge is -2.01. The third kappa shape index (κ3) is 2.89. The van der Waals surface area contributed by atoms with Crippen molar-refractivity contribution < 1.29 is 14.3 Å². The highest BCUT2D eigenvalue weighted by atomic mass is 16.5. The molecule has 14 heavy (non-hydrogen) atoms. The largest absolute Gasteiger partial charge is 0.462 e. The summed E-state index contributed by atoms with van der Waals surface area (Å²) in [5.41, 5.74) is 0. The van der Waals surface area contributed by atoms with E-state index in [0.717, 1.165) is 12.9 Å². The molecule has 0 spiro atoms. The summed E-state index contributed by atoms with van der Waals surface area (Å²) in [7, 11) is 1.16. The van der Waals surface area contributed by atoms with Crippen LogP contribution in [0.25, 0.3) is 0 Å². The van der Waals surface area contributed by atoms with Crippen LogP contribution in [0.4, 0.5) is 0 Å². The monoisotopic (exact) mass is 197 g/mol. The summed E-state index contributed by atoms with van der Waals surface area (Å²) in [6.45, 7) is 0.349. The number of aromatic amines is 1. The number of carbonyl (C=O) groups excluding carboxylic acids is 2. The standard InChI is InChI=1S/C8H11N3O3/c1-14-8(13)7(12)11-3-2-6-9-4-5-10-6/h4-5H,2-3H2,1H3,(H,9,10)(H,11,12). The van der Waals surface area contributed by atoms with Gasteiger partial charge in [-0.05, 0) is 0 Å². The van der Waals surface area contributed by atoms with Crippen LogP contribution < -0.4 is 5.32 Å². The Morgan fingerprint density at radius 1 is 1.64 bits per heavy atom. The Labute approximate surface area is 80.7 Å². The Morgan fingerprint density at radius 3 is 3.00 bits per heavy atom. The zero-order chi connectivity index (χ0) is 10.4. The van der Waals surface area contributed by atoms with Crippen LogP contribution in [0, 0.1) is 0 Å². The van der Waals surface area contributed by atoms with Gasteiger partial charge in [0.05, 0.1) is 7.11 Å². The molecule has 1 amide bonds. The highest BCUT2D eigenvalue weighted by molar-refractivity contribution is 6.32. The number of hydrogen-bond donors (Lipinski definition) is 2. The average molecular weight is 197 g/mol. The number of imidazole rings is 1. The molecule has 0 aliphatic carbocycles. The van der Waals surface area contributed by atoms with Gasteiger partial charge in [-0.2, -0.15) is 0 Å². The van der Waals surface area contributed by atoms with Gasteiger partial charge in [-0.15, -0.1) is 0 Å². The van der Waals surface area contributed by atoms with Crippen LogP contribution >= 0.6 is 0 Å². The SMILES string of the molecule is COC(=O)C(=O)NCCc1ncc[nH]1. The molecule has 0 saturated heterocycles. The van der Waals surface area contributed by atoms with Crippen molar-refractivity contribution in [3.8, 4) is 0 Å². The maximum Gasteiger partial charge on any atom is 0.396 e. The predicted molar refractivity (Wildman–Crippen MR) is 47.3 cm³/mol. The predicted octanol–water partition coefficient (Wildman–Crippen LogP) is -0.759. The van der Waals surface area contributed by atoms with Gasteiger partial charge in [0.1, 0.15) is 5.82 Å². The van der Waals surface area contributed by atoms with E-state index in [1.165, 1.54) is 0 Å². The molecule has 1 aromatic heterocycles. The summed E-state index contributed by atoms with van der Waals surface area (Å²) in [4.78, 5) is 28.4. The first-order valence-electron chi connectivity index (χ1n) is 4.08. The van der Waals surface area contributed by atoms with Crippen molar-refractivity contribution in [1.82, 2.24) is 15.3 Å². The van der Waals surface area contributed by atoms with Crippen LogP contribution in [-0.4, -0.2) is 35.5 Å². The first-order valence-corrected chi connectivity index (χ1v) is 4.08. The second-order valence-electron chi connectivity index (χ2n) is 2.53. The molecular formula is C8H11N3O3. The number of H-pyrrole nitrogens is 1. The summed E-state index contributed by atoms with van der Waals surface area (Å²) in [5.74, 6) is -0.862. The molecule has 1 rings (SSSR count). The number of amides is 1. The van der Waals surface area contributed by atoms with Crippen LogP contribution in [0.15, 0.2) is 12.4 Å². The number of esters is 1. The second-order valence-corrected chi connectivity index (χ2v) is 2.53. The molecule has 6 nitrogen and oxygen atoms in total. The van der Waals surface area contributed by atoms with Gasteiger partial charge in [0.15, 0.2) is 0 Å². The molecule has 0 atom stereocenters. The molecule has 0 unspecified atom stereocenters. The van der Waals surface area contributed by atoms with Crippen LogP contribution in [0.1, 0.15) is 5.82 Å². The first kappa shape index (κ1) is 10.2. The van der Waals surface area contributed by atoms with Gasteiger partial charge in [-0.3, -0.25) is 4.79 Å². The van der Waals surface area contributed by atoms with Gasteiger partial charge in [0, 0.05) is 25.4 Å². The van der Waals surface area contributed by atoms with Gasteiger partial charge in [0.25, 0.3) is 0 Å². The Hall–Kier alpha value is -1.85. The van der Waals surface area contributed by atoms with E-state index in [2.05, 4.69) is 20.0 Å². The Kier molecular flexibility index (Phi) is 3.66. The summed E-state index contributed by atoms with van der Waals surface area (Å²) in [5, 5.41) is 2.40. The molecule has 0 bridgehead atoms. The van der Waals surface area contributed by atoms with Gasteiger partial charge in [-0.25, -0.2) is 9.78 Å². The van der Waals surface area contributed by atoms with Crippen molar-refractivity contribution in [3.05, 3.63) is 18.2 Å². The zero-order valence-electron chi connectivity index (χ0n) is 7.74. The molecule has 2 N–H and O–H groups in total. The quantitative estimate of drug-likeness (QED) is 0.493. The summed E-state index contributed by atoms with van der Waals surface area (Å²) < 4.78 is 4.23. The Morgan fingerprint density at radius 2 is 2.43 bits per heavy atom. The second kappa shape index (κ2) is 5.00. The van der Waals surface area contributed by atoms with Crippen molar-refractivity contribution in [2.24, 2.45) is 0 Å². The zero-order valence-corrected chi connectivity index (χ0v) is 7.74. The first-order chi connectivity index (χ1) is 6.74. The number of carbonyl (C=O) groups is 2. The van der Waals surface area contributed by atoms with Crippen LogP contribution in [-0.2, 0) is 20.7 Å². The highest BCUT2D eigenvalue weighted by Crippen LogP contribution is 1.87. The van der Waals surface area contributed by atoms with Crippen LogP contribution in [0.5, 0.6) is 0 Å². The van der Waals surface area contributed by atoms with Crippen molar-refractivity contribution >= 4 is 11.9 Å². The van der Waals surface area contributed by atoms with E-state index in [1.807, 2.05) is 0 Å². The molecular weight excluding hydrogens is 186 g/mol. The highest BCUT2D eigenvalue weighted by Gasteiger charge is 2.12. The number of nitrogens with one attached hydrogen (secondary N) is 2. The normalized spacial score (nSPS) is 9.50. The van der Waals surface area contributed by atoms with E-state index >= 15 is 0 Å². The average Bonchev–Trinajstić information content (AvgIpc) is 2.69. The van der Waals surface area contributed by atoms with Crippen molar-refractivity contribution in [3.63, 3.8) is 0 Å². The van der Waals surface area contributed by atoms with Gasteiger partial charge in [-0.1, -0.05) is 0 Å². The summed E-state index contributed by atoms with van der Waals surface area (Å²) >= 11 is 0. The molecule has 0 radical (unpaired) electrons. The molecule has 0 aliphatic heterocycles. The lowest BCUT2D eigenvalue weighted by atomic mass is 10.4. The minimum absolute atomic E-state index is 0.349. The van der Waals surface area contributed by atoms with Crippen molar-refractivity contribution in [2.45, 2.75) is 6.42 Å². The number of rotatable bonds is 3. The fraction of sp³-hybridized carbons (Fsp3) is 0.375. The number of methoxy groups -OCH3 is 1. The van der Waals surface area contributed by atoms with E-state index in [1.54, 1.807) is 12.4 Å². The van der Waals surface area contributed by atoms with Crippen molar-refractivity contribution in [1.29, 1.82) is 0 Å². The fourth-order valence-corrected chi connectivity index (χ4v) is 0.894. The van der Waals surface area contributed by atoms with E-state index in [0.29, 0.717) is 13.0 Å². The molecule has 0 fully saturated rings. The number of aromatic nitrogens is 2. The minimum atomic E-state index is -0.885. The smallest absolute Gasteiger partial charge is 0.396 e. The Bertz CT molecular complexity index is 308. The maximum absolute atomic E-state index is 10.9. The molecule has 76 valence electrons. The van der Waals surface area contributed by atoms with Gasteiger partial charge >= 0.3 is 11.9 Å². The number of nitrogens with zero attached hydrogens (tertiary/aromatic N) is 1. The summed E-state index contributed by atoms with van der Waals surface area (Å²) in [6, 6.07) is 0. The van der Waals surface area contributed by atoms with E-state index in [9.17, 15) is 9.59 Å². The maximum atomic E-state index is 10.9. The van der Waals surface area contributed by atoms with E-state index in [-0.39, 0.29) is 0 Å². The molecule has 1 heterocycles. The number of ether oxygens (including phenoxy) is 1. The van der Waals surface area contributed by atoms with E-state index in [4.69, 9.17) is 0 Å². The molecule has 6 heteroatoms. The van der Waals surface area contributed by atoms with E-state index < -0.39 is 11.9 Å². The minimum Gasteiger partial charge on any atom is -0.462 e. The number of hydrogen-bond acceptors (Lipinski definition) is 4. The van der Waals surface area contributed by atoms with Crippen LogP contribution in [0.2, 0.25) is 0 Å². The lowest BCUT2D eigenvalue weighted by Crippen LogP contribution is -2.33. The third-order valence-corrected chi connectivity index (χ3v) is 1.57. The fourth-order valence-electron chi connectivity index (χ4n) is 0.894. The van der Waals surface area contributed by atoms with Gasteiger partial charge < -0.3 is 15.0 Å².